The SMILES string of the molecule is CCc1cccc(N2CCCC2)c1C. The summed E-state index contributed by atoms with van der Waals surface area (Å²) in [4.78, 5) is 2.52. The predicted molar refractivity (Wildman–Crippen MR) is 62.0 cm³/mol. The van der Waals surface area contributed by atoms with Crippen LogP contribution in [0.25, 0.3) is 0 Å². The Labute approximate surface area is 86.7 Å². The summed E-state index contributed by atoms with van der Waals surface area (Å²) < 4.78 is 0. The highest BCUT2D eigenvalue weighted by Gasteiger charge is 2.14. The van der Waals surface area contributed by atoms with Crippen LogP contribution in [0.3, 0.4) is 0 Å². The number of aryl methyl sites for hydroxylation is 1. The van der Waals surface area contributed by atoms with Crippen molar-refractivity contribution in [2.24, 2.45) is 0 Å². The molecule has 0 unspecified atom stereocenters. The number of rotatable bonds is 2. The zero-order valence-corrected chi connectivity index (χ0v) is 9.21. The van der Waals surface area contributed by atoms with E-state index in [0.29, 0.717) is 0 Å². The zero-order valence-electron chi connectivity index (χ0n) is 9.21. The molecule has 1 heterocycles. The van der Waals surface area contributed by atoms with E-state index in [2.05, 4.69) is 36.9 Å². The van der Waals surface area contributed by atoms with E-state index in [-0.39, 0.29) is 0 Å². The van der Waals surface area contributed by atoms with E-state index in [9.17, 15) is 0 Å². The van der Waals surface area contributed by atoms with Gasteiger partial charge in [0.25, 0.3) is 0 Å². The molecule has 1 aromatic rings. The van der Waals surface area contributed by atoms with Crippen LogP contribution in [0.4, 0.5) is 5.69 Å². The molecule has 0 bridgehead atoms. The van der Waals surface area contributed by atoms with Gasteiger partial charge in [0, 0.05) is 18.8 Å². The van der Waals surface area contributed by atoms with Gasteiger partial charge in [0.1, 0.15) is 0 Å². The van der Waals surface area contributed by atoms with Gasteiger partial charge < -0.3 is 4.90 Å². The summed E-state index contributed by atoms with van der Waals surface area (Å²) in [6, 6.07) is 6.70. The molecule has 0 saturated carbocycles. The highest BCUT2D eigenvalue weighted by atomic mass is 15.1. The lowest BCUT2D eigenvalue weighted by Gasteiger charge is -2.21. The van der Waals surface area contributed by atoms with Crippen molar-refractivity contribution in [2.45, 2.75) is 33.1 Å². The van der Waals surface area contributed by atoms with Gasteiger partial charge in [-0.15, -0.1) is 0 Å². The van der Waals surface area contributed by atoms with Crippen LogP contribution < -0.4 is 4.90 Å². The molecule has 1 fully saturated rings. The summed E-state index contributed by atoms with van der Waals surface area (Å²) >= 11 is 0. The lowest BCUT2D eigenvalue weighted by molar-refractivity contribution is 0.949. The molecule has 0 aliphatic carbocycles. The van der Waals surface area contributed by atoms with Crippen LogP contribution >= 0.6 is 0 Å². The smallest absolute Gasteiger partial charge is 0.0398 e. The molecule has 0 aromatic heterocycles. The minimum Gasteiger partial charge on any atom is -0.371 e. The Morgan fingerprint density at radius 3 is 2.57 bits per heavy atom. The Balaban J connectivity index is 2.32. The summed E-state index contributed by atoms with van der Waals surface area (Å²) in [5.74, 6) is 0. The summed E-state index contributed by atoms with van der Waals surface area (Å²) in [6.45, 7) is 6.98. The van der Waals surface area contributed by atoms with Crippen molar-refractivity contribution in [3.63, 3.8) is 0 Å². The molecule has 1 heteroatoms. The molecule has 2 rings (SSSR count). The van der Waals surface area contributed by atoms with Gasteiger partial charge in [-0.2, -0.15) is 0 Å². The molecule has 0 atom stereocenters. The number of hydrogen-bond donors (Lipinski definition) is 0. The Morgan fingerprint density at radius 1 is 1.21 bits per heavy atom. The van der Waals surface area contributed by atoms with Crippen LogP contribution in [-0.2, 0) is 6.42 Å². The Hall–Kier alpha value is -0.980. The van der Waals surface area contributed by atoms with Crippen molar-refractivity contribution >= 4 is 5.69 Å². The Bertz CT molecular complexity index is 311. The Kier molecular flexibility index (Phi) is 2.76. The second-order valence-corrected chi connectivity index (χ2v) is 4.11. The largest absolute Gasteiger partial charge is 0.371 e. The molecule has 0 radical (unpaired) electrons. The molecule has 76 valence electrons. The van der Waals surface area contributed by atoms with Crippen molar-refractivity contribution in [1.82, 2.24) is 0 Å². The first-order valence-electron chi connectivity index (χ1n) is 5.66. The standard InChI is InChI=1S/C13H19N/c1-3-12-7-6-8-13(11(12)2)14-9-4-5-10-14/h6-8H,3-5,9-10H2,1-2H3. The fraction of sp³-hybridized carbons (Fsp3) is 0.538. The van der Waals surface area contributed by atoms with Crippen LogP contribution in [0.15, 0.2) is 18.2 Å². The molecule has 1 aliphatic heterocycles. The van der Waals surface area contributed by atoms with Gasteiger partial charge in [-0.1, -0.05) is 19.1 Å². The van der Waals surface area contributed by atoms with Crippen LogP contribution in [0.1, 0.15) is 30.9 Å². The summed E-state index contributed by atoms with van der Waals surface area (Å²) in [6.07, 6.45) is 3.86. The molecule has 0 N–H and O–H groups in total. The van der Waals surface area contributed by atoms with Gasteiger partial charge in [-0.25, -0.2) is 0 Å². The van der Waals surface area contributed by atoms with Crippen molar-refractivity contribution < 1.29 is 0 Å². The van der Waals surface area contributed by atoms with Crippen LogP contribution in [0.5, 0.6) is 0 Å². The quantitative estimate of drug-likeness (QED) is 0.690. The maximum atomic E-state index is 2.52. The molecule has 0 spiro atoms. The maximum Gasteiger partial charge on any atom is 0.0398 e. The van der Waals surface area contributed by atoms with E-state index in [1.165, 1.54) is 42.7 Å². The number of benzene rings is 1. The molecule has 1 nitrogen and oxygen atoms in total. The minimum absolute atomic E-state index is 1.15. The van der Waals surface area contributed by atoms with E-state index < -0.39 is 0 Å². The van der Waals surface area contributed by atoms with Crippen LogP contribution in [0, 0.1) is 6.92 Å². The van der Waals surface area contributed by atoms with Crippen molar-refractivity contribution in [1.29, 1.82) is 0 Å². The second-order valence-electron chi connectivity index (χ2n) is 4.11. The van der Waals surface area contributed by atoms with Gasteiger partial charge in [0.2, 0.25) is 0 Å². The van der Waals surface area contributed by atoms with E-state index >= 15 is 0 Å². The predicted octanol–water partition coefficient (Wildman–Crippen LogP) is 3.16. The van der Waals surface area contributed by atoms with Crippen molar-refractivity contribution in [2.75, 3.05) is 18.0 Å². The summed E-state index contributed by atoms with van der Waals surface area (Å²) in [5.41, 5.74) is 4.44. The van der Waals surface area contributed by atoms with Crippen LogP contribution in [0.2, 0.25) is 0 Å². The van der Waals surface area contributed by atoms with E-state index in [1.54, 1.807) is 0 Å². The molecule has 1 saturated heterocycles. The maximum absolute atomic E-state index is 2.52. The van der Waals surface area contributed by atoms with E-state index in [0.717, 1.165) is 6.42 Å². The van der Waals surface area contributed by atoms with Gasteiger partial charge in [0.05, 0.1) is 0 Å². The third kappa shape index (κ3) is 1.63. The third-order valence-electron chi connectivity index (χ3n) is 3.25. The van der Waals surface area contributed by atoms with E-state index in [1.807, 2.05) is 0 Å². The third-order valence-corrected chi connectivity index (χ3v) is 3.25. The Morgan fingerprint density at radius 2 is 1.93 bits per heavy atom. The minimum atomic E-state index is 1.15. The van der Waals surface area contributed by atoms with Crippen molar-refractivity contribution in [3.8, 4) is 0 Å². The molecule has 0 amide bonds. The average molecular weight is 189 g/mol. The van der Waals surface area contributed by atoms with Gasteiger partial charge in [-0.05, 0) is 43.4 Å². The first kappa shape index (κ1) is 9.57. The topological polar surface area (TPSA) is 3.24 Å². The summed E-state index contributed by atoms with van der Waals surface area (Å²) in [5, 5.41) is 0. The van der Waals surface area contributed by atoms with E-state index in [4.69, 9.17) is 0 Å². The fourth-order valence-electron chi connectivity index (χ4n) is 2.35. The molecular weight excluding hydrogens is 170 g/mol. The zero-order chi connectivity index (χ0) is 9.97. The monoisotopic (exact) mass is 189 g/mol. The van der Waals surface area contributed by atoms with Gasteiger partial charge >= 0.3 is 0 Å². The lowest BCUT2D eigenvalue weighted by atomic mass is 10.0. The normalized spacial score (nSPS) is 16.3. The molecule has 1 aliphatic rings. The highest BCUT2D eigenvalue weighted by molar-refractivity contribution is 5.56. The highest BCUT2D eigenvalue weighted by Crippen LogP contribution is 2.26. The number of anilines is 1. The molecular formula is C13H19N. The van der Waals surface area contributed by atoms with Crippen LogP contribution in [-0.4, -0.2) is 13.1 Å². The molecule has 14 heavy (non-hydrogen) atoms. The fourth-order valence-corrected chi connectivity index (χ4v) is 2.35. The van der Waals surface area contributed by atoms with Gasteiger partial charge in [-0.3, -0.25) is 0 Å². The second kappa shape index (κ2) is 4.04. The first-order chi connectivity index (χ1) is 6.83. The number of hydrogen-bond acceptors (Lipinski definition) is 1. The van der Waals surface area contributed by atoms with Crippen molar-refractivity contribution in [3.05, 3.63) is 29.3 Å². The molecule has 1 aromatic carbocycles. The average Bonchev–Trinajstić information content (AvgIpc) is 2.71. The summed E-state index contributed by atoms with van der Waals surface area (Å²) in [7, 11) is 0. The first-order valence-corrected chi connectivity index (χ1v) is 5.66. The van der Waals surface area contributed by atoms with Gasteiger partial charge in [0.15, 0.2) is 0 Å². The number of nitrogens with zero attached hydrogens (tertiary/aromatic N) is 1. The lowest BCUT2D eigenvalue weighted by Crippen LogP contribution is -2.19.